The Morgan fingerprint density at radius 3 is 2.70 bits per heavy atom. The number of carbonyl (C=O) groups excluding carboxylic acids is 1. The first-order chi connectivity index (χ1) is 9.08. The standard InChI is InChI=1S/C15H27NO4/c1-7-8-9-12(17)11-10-19-15(5,6)16(11)13(18)20-14(2,3)4/h7,11-12,17H,1,8-10H2,2-6H3/t11-,12-/m0/s1. The average molecular weight is 285 g/mol. The zero-order chi connectivity index (χ0) is 15.6. The summed E-state index contributed by atoms with van der Waals surface area (Å²) in [6.45, 7) is 13.0. The third kappa shape index (κ3) is 4.21. The molecule has 1 saturated heterocycles. The zero-order valence-electron chi connectivity index (χ0n) is 13.2. The molecule has 1 aliphatic rings. The van der Waals surface area contributed by atoms with Gasteiger partial charge in [0.05, 0.1) is 18.8 Å². The van der Waals surface area contributed by atoms with E-state index < -0.39 is 23.5 Å². The summed E-state index contributed by atoms with van der Waals surface area (Å²) in [5.74, 6) is 0. The second kappa shape index (κ2) is 6.14. The third-order valence-corrected chi connectivity index (χ3v) is 3.22. The number of nitrogens with zero attached hydrogens (tertiary/aromatic N) is 1. The van der Waals surface area contributed by atoms with Gasteiger partial charge in [-0.3, -0.25) is 4.90 Å². The molecule has 0 saturated carbocycles. The van der Waals surface area contributed by atoms with E-state index in [-0.39, 0.29) is 6.04 Å². The minimum atomic E-state index is -0.776. The molecule has 0 aliphatic carbocycles. The van der Waals surface area contributed by atoms with Crippen molar-refractivity contribution in [2.45, 2.75) is 70.9 Å². The van der Waals surface area contributed by atoms with Crippen molar-refractivity contribution in [1.29, 1.82) is 0 Å². The van der Waals surface area contributed by atoms with Gasteiger partial charge in [-0.25, -0.2) is 4.79 Å². The maximum Gasteiger partial charge on any atom is 0.412 e. The highest BCUT2D eigenvalue weighted by Crippen LogP contribution is 2.31. The van der Waals surface area contributed by atoms with E-state index in [1.165, 1.54) is 4.90 Å². The molecule has 1 heterocycles. The first-order valence-electron chi connectivity index (χ1n) is 7.04. The van der Waals surface area contributed by atoms with E-state index in [1.807, 2.05) is 20.8 Å². The summed E-state index contributed by atoms with van der Waals surface area (Å²) in [7, 11) is 0. The minimum absolute atomic E-state index is 0.310. The van der Waals surface area contributed by atoms with Crippen LogP contribution in [0.15, 0.2) is 12.7 Å². The first kappa shape index (κ1) is 17.0. The molecule has 1 fully saturated rings. The predicted molar refractivity (Wildman–Crippen MR) is 77.3 cm³/mol. The van der Waals surface area contributed by atoms with Gasteiger partial charge in [0.2, 0.25) is 0 Å². The number of rotatable bonds is 4. The van der Waals surface area contributed by atoms with Crippen molar-refractivity contribution in [3.63, 3.8) is 0 Å². The number of ether oxygens (including phenoxy) is 2. The highest BCUT2D eigenvalue weighted by atomic mass is 16.6. The van der Waals surface area contributed by atoms with Crippen molar-refractivity contribution < 1.29 is 19.4 Å². The highest BCUT2D eigenvalue weighted by Gasteiger charge is 2.48. The Hall–Kier alpha value is -1.07. The molecule has 0 aromatic heterocycles. The van der Waals surface area contributed by atoms with Crippen molar-refractivity contribution in [3.05, 3.63) is 12.7 Å². The van der Waals surface area contributed by atoms with E-state index in [4.69, 9.17) is 9.47 Å². The number of carbonyl (C=O) groups is 1. The van der Waals surface area contributed by atoms with E-state index in [1.54, 1.807) is 19.9 Å². The molecule has 1 rings (SSSR count). The van der Waals surface area contributed by atoms with Crippen molar-refractivity contribution in [1.82, 2.24) is 4.90 Å². The topological polar surface area (TPSA) is 59.0 Å². The van der Waals surface area contributed by atoms with E-state index in [2.05, 4.69) is 6.58 Å². The van der Waals surface area contributed by atoms with Crippen LogP contribution >= 0.6 is 0 Å². The molecule has 2 atom stereocenters. The molecule has 1 aliphatic heterocycles. The fourth-order valence-electron chi connectivity index (χ4n) is 2.26. The van der Waals surface area contributed by atoms with Crippen molar-refractivity contribution in [3.8, 4) is 0 Å². The fourth-order valence-corrected chi connectivity index (χ4v) is 2.26. The van der Waals surface area contributed by atoms with E-state index in [0.717, 1.165) is 0 Å². The van der Waals surface area contributed by atoms with Gasteiger partial charge in [0, 0.05) is 0 Å². The molecule has 5 heteroatoms. The molecule has 5 nitrogen and oxygen atoms in total. The summed E-state index contributed by atoms with van der Waals surface area (Å²) in [5.41, 5.74) is -1.35. The number of aliphatic hydroxyl groups is 1. The quantitative estimate of drug-likeness (QED) is 0.807. The Morgan fingerprint density at radius 1 is 1.60 bits per heavy atom. The highest BCUT2D eigenvalue weighted by molar-refractivity contribution is 5.69. The Kier molecular flexibility index (Phi) is 5.21. The van der Waals surface area contributed by atoms with Gasteiger partial charge in [0.1, 0.15) is 11.3 Å². The molecule has 0 bridgehead atoms. The van der Waals surface area contributed by atoms with Crippen LogP contribution in [0.1, 0.15) is 47.5 Å². The van der Waals surface area contributed by atoms with Crippen LogP contribution in [0, 0.1) is 0 Å². The fraction of sp³-hybridized carbons (Fsp3) is 0.800. The lowest BCUT2D eigenvalue weighted by Gasteiger charge is -2.36. The first-order valence-corrected chi connectivity index (χ1v) is 7.04. The third-order valence-electron chi connectivity index (χ3n) is 3.22. The van der Waals surface area contributed by atoms with Gasteiger partial charge in [-0.05, 0) is 47.5 Å². The molecular weight excluding hydrogens is 258 g/mol. The van der Waals surface area contributed by atoms with Gasteiger partial charge in [0.15, 0.2) is 0 Å². The van der Waals surface area contributed by atoms with Crippen LogP contribution in [0.5, 0.6) is 0 Å². The molecule has 116 valence electrons. The lowest BCUT2D eigenvalue weighted by atomic mass is 10.0. The number of hydrogen-bond acceptors (Lipinski definition) is 4. The molecule has 0 aromatic rings. The second-order valence-electron chi connectivity index (χ2n) is 6.61. The summed E-state index contributed by atoms with van der Waals surface area (Å²) < 4.78 is 11.1. The lowest BCUT2D eigenvalue weighted by molar-refractivity contribution is -0.0680. The van der Waals surface area contributed by atoms with Crippen LogP contribution in [0.3, 0.4) is 0 Å². The monoisotopic (exact) mass is 285 g/mol. The van der Waals surface area contributed by atoms with Crippen molar-refractivity contribution in [2.75, 3.05) is 6.61 Å². The van der Waals surface area contributed by atoms with Crippen LogP contribution < -0.4 is 0 Å². The smallest absolute Gasteiger partial charge is 0.412 e. The Labute approximate surface area is 121 Å². The van der Waals surface area contributed by atoms with Gasteiger partial charge >= 0.3 is 6.09 Å². The normalized spacial score (nSPS) is 23.5. The SMILES string of the molecule is C=CCC[C@H](O)[C@@H]1COC(C)(C)N1C(=O)OC(C)(C)C. The number of aliphatic hydroxyl groups excluding tert-OH is 1. The van der Waals surface area contributed by atoms with E-state index in [9.17, 15) is 9.90 Å². The van der Waals surface area contributed by atoms with E-state index in [0.29, 0.717) is 19.4 Å². The molecule has 1 amide bonds. The van der Waals surface area contributed by atoms with Crippen LogP contribution in [0.4, 0.5) is 4.79 Å². The van der Waals surface area contributed by atoms with Gasteiger partial charge in [-0.2, -0.15) is 0 Å². The number of amides is 1. The van der Waals surface area contributed by atoms with Gasteiger partial charge in [-0.1, -0.05) is 6.08 Å². The number of hydrogen-bond donors (Lipinski definition) is 1. The van der Waals surface area contributed by atoms with Crippen LogP contribution in [-0.2, 0) is 9.47 Å². The molecular formula is C15H27NO4. The lowest BCUT2D eigenvalue weighted by Crippen LogP contribution is -2.53. The average Bonchev–Trinajstić information content (AvgIpc) is 2.59. The van der Waals surface area contributed by atoms with Gasteiger partial charge in [-0.15, -0.1) is 6.58 Å². The maximum absolute atomic E-state index is 12.4. The molecule has 0 aromatic carbocycles. The summed E-state index contributed by atoms with van der Waals surface area (Å²) >= 11 is 0. The summed E-state index contributed by atoms with van der Waals surface area (Å²) in [6.07, 6.45) is 1.89. The second-order valence-corrected chi connectivity index (χ2v) is 6.61. The molecule has 0 spiro atoms. The molecule has 0 unspecified atom stereocenters. The Balaban J connectivity index is 2.85. The summed E-state index contributed by atoms with van der Waals surface area (Å²) in [6, 6.07) is -0.389. The summed E-state index contributed by atoms with van der Waals surface area (Å²) in [5, 5.41) is 10.3. The molecule has 0 radical (unpaired) electrons. The van der Waals surface area contributed by atoms with E-state index >= 15 is 0 Å². The Bertz CT molecular complexity index is 359. The molecule has 1 N–H and O–H groups in total. The van der Waals surface area contributed by atoms with Crippen molar-refractivity contribution >= 4 is 6.09 Å². The van der Waals surface area contributed by atoms with Gasteiger partial charge < -0.3 is 14.6 Å². The largest absolute Gasteiger partial charge is 0.444 e. The predicted octanol–water partition coefficient (Wildman–Crippen LogP) is 2.69. The molecule has 20 heavy (non-hydrogen) atoms. The van der Waals surface area contributed by atoms with Crippen LogP contribution in [-0.4, -0.2) is 46.2 Å². The van der Waals surface area contributed by atoms with Crippen LogP contribution in [0.25, 0.3) is 0 Å². The van der Waals surface area contributed by atoms with Crippen LogP contribution in [0.2, 0.25) is 0 Å². The zero-order valence-corrected chi connectivity index (χ0v) is 13.2. The van der Waals surface area contributed by atoms with Crippen molar-refractivity contribution in [2.24, 2.45) is 0 Å². The van der Waals surface area contributed by atoms with Gasteiger partial charge in [0.25, 0.3) is 0 Å². The summed E-state index contributed by atoms with van der Waals surface area (Å²) in [4.78, 5) is 13.9. The Morgan fingerprint density at radius 2 is 2.20 bits per heavy atom. The minimum Gasteiger partial charge on any atom is -0.444 e. The maximum atomic E-state index is 12.4. The number of allylic oxidation sites excluding steroid dienone is 1.